The Balaban J connectivity index is 4.32. The standard InChI is InChI=1S/C20H41BN2O2/c1-15(2)25-14-19(6,7)9-16(3)11-23-17(24)10-18(4,5)12-20(8,21)13-22/h15-16H,9-14,22H2,1-8H3,(H,23,24). The highest BCUT2D eigenvalue weighted by Gasteiger charge is 2.30. The molecule has 0 saturated carbocycles. The summed E-state index contributed by atoms with van der Waals surface area (Å²) in [6.45, 7) is 18.6. The number of carbonyl (C=O) groups is 1. The molecule has 0 heterocycles. The molecule has 2 unspecified atom stereocenters. The molecule has 5 heteroatoms. The Labute approximate surface area is 157 Å². The van der Waals surface area contributed by atoms with E-state index in [9.17, 15) is 4.79 Å². The van der Waals surface area contributed by atoms with E-state index in [1.807, 2.05) is 6.92 Å². The largest absolute Gasteiger partial charge is 0.378 e. The average Bonchev–Trinajstić information content (AvgIpc) is 2.41. The Bertz CT molecular complexity index is 407. The third-order valence-electron chi connectivity index (χ3n) is 4.34. The molecule has 2 atom stereocenters. The maximum absolute atomic E-state index is 12.3. The molecule has 3 N–H and O–H groups in total. The van der Waals surface area contributed by atoms with Gasteiger partial charge >= 0.3 is 0 Å². The molecule has 0 bridgehead atoms. The lowest BCUT2D eigenvalue weighted by Crippen LogP contribution is -2.36. The van der Waals surface area contributed by atoms with Crippen LogP contribution in [0.25, 0.3) is 0 Å². The van der Waals surface area contributed by atoms with Crippen LogP contribution in [0.4, 0.5) is 0 Å². The fourth-order valence-electron chi connectivity index (χ4n) is 3.48. The number of hydrogen-bond donors (Lipinski definition) is 2. The molecule has 0 aromatic heterocycles. The van der Waals surface area contributed by atoms with Crippen LogP contribution in [0.3, 0.4) is 0 Å². The van der Waals surface area contributed by atoms with Gasteiger partial charge in [-0.3, -0.25) is 4.79 Å². The third-order valence-corrected chi connectivity index (χ3v) is 4.34. The first kappa shape index (κ1) is 24.5. The molecule has 0 aliphatic rings. The van der Waals surface area contributed by atoms with Crippen LogP contribution in [-0.2, 0) is 9.53 Å². The highest BCUT2D eigenvalue weighted by Crippen LogP contribution is 2.38. The van der Waals surface area contributed by atoms with E-state index >= 15 is 0 Å². The number of hydrogen-bond acceptors (Lipinski definition) is 3. The van der Waals surface area contributed by atoms with E-state index in [1.54, 1.807) is 0 Å². The van der Waals surface area contributed by atoms with Crippen molar-refractivity contribution in [3.63, 3.8) is 0 Å². The minimum absolute atomic E-state index is 0.0842. The van der Waals surface area contributed by atoms with Crippen molar-refractivity contribution in [1.82, 2.24) is 5.32 Å². The number of nitrogens with one attached hydrogen (secondary N) is 1. The van der Waals surface area contributed by atoms with Gasteiger partial charge in [-0.2, -0.15) is 0 Å². The number of rotatable bonds is 12. The molecule has 146 valence electrons. The molecule has 0 aliphatic heterocycles. The van der Waals surface area contributed by atoms with E-state index in [0.717, 1.165) is 19.4 Å². The summed E-state index contributed by atoms with van der Waals surface area (Å²) in [4.78, 5) is 12.3. The Morgan fingerprint density at radius 3 is 2.16 bits per heavy atom. The van der Waals surface area contributed by atoms with Gasteiger partial charge < -0.3 is 15.8 Å². The number of amides is 1. The molecule has 0 aromatic rings. The molecule has 2 radical (unpaired) electrons. The zero-order valence-corrected chi connectivity index (χ0v) is 17.9. The minimum Gasteiger partial charge on any atom is -0.378 e. The summed E-state index contributed by atoms with van der Waals surface area (Å²) in [7, 11) is 6.15. The summed E-state index contributed by atoms with van der Waals surface area (Å²) in [5.41, 5.74) is 5.65. The SMILES string of the molecule is [B]C(C)(CN)CC(C)(C)CC(=O)NCC(C)CC(C)(C)COC(C)C. The molecule has 0 rings (SSSR count). The van der Waals surface area contributed by atoms with E-state index in [2.05, 4.69) is 53.8 Å². The fourth-order valence-corrected chi connectivity index (χ4v) is 3.48. The highest BCUT2D eigenvalue weighted by molar-refractivity contribution is 6.15. The molecular weight excluding hydrogens is 311 g/mol. The smallest absolute Gasteiger partial charge is 0.220 e. The molecule has 0 fully saturated rings. The van der Waals surface area contributed by atoms with Gasteiger partial charge in [-0.25, -0.2) is 0 Å². The molecule has 0 saturated heterocycles. The van der Waals surface area contributed by atoms with E-state index in [-0.39, 0.29) is 22.8 Å². The second kappa shape index (κ2) is 9.96. The van der Waals surface area contributed by atoms with Crippen molar-refractivity contribution in [2.75, 3.05) is 19.7 Å². The third kappa shape index (κ3) is 12.4. The molecule has 1 amide bonds. The maximum atomic E-state index is 12.3. The quantitative estimate of drug-likeness (QED) is 0.527. The Hall–Kier alpha value is -0.545. The van der Waals surface area contributed by atoms with Crippen molar-refractivity contribution in [2.45, 2.75) is 86.1 Å². The van der Waals surface area contributed by atoms with Crippen molar-refractivity contribution >= 4 is 13.8 Å². The summed E-state index contributed by atoms with van der Waals surface area (Å²) in [5, 5.41) is 2.64. The summed E-state index contributed by atoms with van der Waals surface area (Å²) >= 11 is 0. The lowest BCUT2D eigenvalue weighted by molar-refractivity contribution is -0.123. The summed E-state index contributed by atoms with van der Waals surface area (Å²) in [6, 6.07) is 0. The van der Waals surface area contributed by atoms with Gasteiger partial charge in [-0.15, -0.1) is 0 Å². The minimum atomic E-state index is -0.433. The van der Waals surface area contributed by atoms with Gasteiger partial charge in [-0.05, 0) is 50.0 Å². The maximum Gasteiger partial charge on any atom is 0.220 e. The van der Waals surface area contributed by atoms with Gasteiger partial charge in [0.25, 0.3) is 0 Å². The molecular formula is C20H41BN2O2. The van der Waals surface area contributed by atoms with Gasteiger partial charge in [0.15, 0.2) is 0 Å². The summed E-state index contributed by atoms with van der Waals surface area (Å²) in [5.74, 6) is 0.488. The zero-order valence-electron chi connectivity index (χ0n) is 17.9. The van der Waals surface area contributed by atoms with E-state index in [4.69, 9.17) is 18.3 Å². The zero-order chi connectivity index (χ0) is 19.9. The number of ether oxygens (including phenoxy) is 1. The van der Waals surface area contributed by atoms with Gasteiger partial charge in [0.2, 0.25) is 5.91 Å². The number of carbonyl (C=O) groups excluding carboxylic acids is 1. The van der Waals surface area contributed by atoms with Crippen LogP contribution in [0.15, 0.2) is 0 Å². The molecule has 0 aromatic carbocycles. The second-order valence-corrected chi connectivity index (χ2v) is 10.0. The monoisotopic (exact) mass is 352 g/mol. The van der Waals surface area contributed by atoms with Crippen LogP contribution in [0.5, 0.6) is 0 Å². The van der Waals surface area contributed by atoms with Crippen LogP contribution < -0.4 is 11.1 Å². The van der Waals surface area contributed by atoms with E-state index < -0.39 is 5.31 Å². The van der Waals surface area contributed by atoms with Crippen LogP contribution >= 0.6 is 0 Å². The first-order chi connectivity index (χ1) is 11.2. The predicted molar refractivity (Wildman–Crippen MR) is 108 cm³/mol. The molecule has 0 aliphatic carbocycles. The van der Waals surface area contributed by atoms with Crippen molar-refractivity contribution in [2.24, 2.45) is 22.5 Å². The lowest BCUT2D eigenvalue weighted by atomic mass is 9.61. The van der Waals surface area contributed by atoms with Crippen LogP contribution in [0, 0.1) is 16.7 Å². The van der Waals surface area contributed by atoms with E-state index in [1.165, 1.54) is 0 Å². The Morgan fingerprint density at radius 1 is 1.12 bits per heavy atom. The predicted octanol–water partition coefficient (Wildman–Crippen LogP) is 3.69. The normalized spacial score (nSPS) is 16.6. The van der Waals surface area contributed by atoms with Gasteiger partial charge in [0.05, 0.1) is 20.6 Å². The fraction of sp³-hybridized carbons (Fsp3) is 0.950. The Morgan fingerprint density at radius 2 is 1.68 bits per heavy atom. The van der Waals surface area contributed by atoms with Crippen molar-refractivity contribution in [1.29, 1.82) is 0 Å². The summed E-state index contributed by atoms with van der Waals surface area (Å²) in [6.07, 6.45) is 2.45. The molecule has 25 heavy (non-hydrogen) atoms. The summed E-state index contributed by atoms with van der Waals surface area (Å²) < 4.78 is 5.75. The van der Waals surface area contributed by atoms with Crippen LogP contribution in [0.2, 0.25) is 5.31 Å². The van der Waals surface area contributed by atoms with Gasteiger partial charge in [-0.1, -0.05) is 46.9 Å². The average molecular weight is 352 g/mol. The van der Waals surface area contributed by atoms with Crippen molar-refractivity contribution in [3.8, 4) is 0 Å². The lowest BCUT2D eigenvalue weighted by Gasteiger charge is -2.34. The Kier molecular flexibility index (Phi) is 9.74. The number of nitrogens with two attached hydrogens (primary N) is 1. The second-order valence-electron chi connectivity index (χ2n) is 10.0. The van der Waals surface area contributed by atoms with E-state index in [0.29, 0.717) is 25.4 Å². The van der Waals surface area contributed by atoms with Gasteiger partial charge in [0.1, 0.15) is 0 Å². The molecule has 4 nitrogen and oxygen atoms in total. The van der Waals surface area contributed by atoms with Crippen molar-refractivity contribution < 1.29 is 9.53 Å². The highest BCUT2D eigenvalue weighted by atomic mass is 16.5. The van der Waals surface area contributed by atoms with Crippen LogP contribution in [-0.4, -0.2) is 39.6 Å². The van der Waals surface area contributed by atoms with Gasteiger partial charge in [0, 0.05) is 13.0 Å². The topological polar surface area (TPSA) is 64.4 Å². The van der Waals surface area contributed by atoms with Crippen LogP contribution in [0.1, 0.15) is 74.7 Å². The first-order valence-electron chi connectivity index (χ1n) is 9.55. The van der Waals surface area contributed by atoms with Crippen molar-refractivity contribution in [3.05, 3.63) is 0 Å². The first-order valence-corrected chi connectivity index (χ1v) is 9.55. The molecule has 0 spiro atoms.